The first kappa shape index (κ1) is 15.3. The van der Waals surface area contributed by atoms with Gasteiger partial charge in [0.15, 0.2) is 0 Å². The van der Waals surface area contributed by atoms with E-state index < -0.39 is 0 Å². The number of aromatic nitrogens is 2. The number of anilines is 1. The second-order valence-corrected chi connectivity index (χ2v) is 4.79. The van der Waals surface area contributed by atoms with Crippen molar-refractivity contribution in [3.8, 4) is 5.75 Å². The van der Waals surface area contributed by atoms with E-state index in [9.17, 15) is 9.90 Å². The summed E-state index contributed by atoms with van der Waals surface area (Å²) >= 11 is 6.05. The Hall–Kier alpha value is -2.05. The van der Waals surface area contributed by atoms with E-state index in [1.807, 2.05) is 0 Å². The van der Waals surface area contributed by atoms with Gasteiger partial charge in [0.1, 0.15) is 10.8 Å². The van der Waals surface area contributed by atoms with Crippen LogP contribution in [0.25, 0.3) is 0 Å². The number of hydrogen-bond donors (Lipinski definition) is 2. The normalized spacial score (nSPS) is 10.6. The van der Waals surface area contributed by atoms with E-state index in [4.69, 9.17) is 16.3 Å². The topological polar surface area (TPSA) is 76.4 Å². The highest BCUT2D eigenvalue weighted by Crippen LogP contribution is 2.17. The maximum atomic E-state index is 12.0. The van der Waals surface area contributed by atoms with Crippen LogP contribution in [0.15, 0.2) is 35.3 Å². The zero-order valence-corrected chi connectivity index (χ0v) is 12.3. The summed E-state index contributed by atoms with van der Waals surface area (Å²) in [4.78, 5) is 12.0. The number of rotatable bonds is 6. The monoisotopic (exact) mass is 309 g/mol. The molecule has 0 spiro atoms. The molecule has 0 aliphatic rings. The molecular weight excluding hydrogens is 294 g/mol. The lowest BCUT2D eigenvalue weighted by Crippen LogP contribution is -2.26. The SMILES string of the molecule is COCCn1ncc(NCc2ccc(O)cc2)c(Cl)c1=O. The summed E-state index contributed by atoms with van der Waals surface area (Å²) < 4.78 is 6.17. The number of phenolic OH excluding ortho intramolecular Hbond substituents is 1. The summed E-state index contributed by atoms with van der Waals surface area (Å²) in [5.74, 6) is 0.208. The summed E-state index contributed by atoms with van der Waals surface area (Å²) in [6.45, 7) is 1.22. The van der Waals surface area contributed by atoms with Crippen molar-refractivity contribution in [2.45, 2.75) is 13.1 Å². The highest BCUT2D eigenvalue weighted by atomic mass is 35.5. The molecule has 6 nitrogen and oxygen atoms in total. The molecular formula is C14H16ClN3O3. The Balaban J connectivity index is 2.08. The summed E-state index contributed by atoms with van der Waals surface area (Å²) in [5, 5.41) is 16.4. The van der Waals surface area contributed by atoms with Crippen molar-refractivity contribution >= 4 is 17.3 Å². The lowest BCUT2D eigenvalue weighted by molar-refractivity contribution is 0.182. The molecule has 0 amide bonds. The smallest absolute Gasteiger partial charge is 0.287 e. The van der Waals surface area contributed by atoms with Crippen LogP contribution in [-0.2, 0) is 17.8 Å². The molecule has 2 N–H and O–H groups in total. The fourth-order valence-electron chi connectivity index (χ4n) is 1.74. The maximum Gasteiger partial charge on any atom is 0.287 e. The molecule has 1 heterocycles. The van der Waals surface area contributed by atoms with Gasteiger partial charge in [0.05, 0.1) is 25.0 Å². The molecule has 2 aromatic rings. The van der Waals surface area contributed by atoms with Gasteiger partial charge in [-0.15, -0.1) is 0 Å². The van der Waals surface area contributed by atoms with Gasteiger partial charge >= 0.3 is 0 Å². The van der Waals surface area contributed by atoms with Crippen LogP contribution in [0, 0.1) is 0 Å². The van der Waals surface area contributed by atoms with Gasteiger partial charge in [0.2, 0.25) is 0 Å². The molecule has 0 unspecified atom stereocenters. The number of hydrogen-bond acceptors (Lipinski definition) is 5. The van der Waals surface area contributed by atoms with Crippen LogP contribution in [0.2, 0.25) is 5.02 Å². The Labute approximate surface area is 126 Å². The fraction of sp³-hybridized carbons (Fsp3) is 0.286. The standard InChI is InChI=1S/C14H16ClN3O3/c1-21-7-6-18-14(20)13(15)12(9-17-18)16-8-10-2-4-11(19)5-3-10/h2-5,9,16,19H,6-8H2,1H3. The van der Waals surface area contributed by atoms with Crippen molar-refractivity contribution in [2.24, 2.45) is 0 Å². The molecule has 0 radical (unpaired) electrons. The molecule has 0 fully saturated rings. The van der Waals surface area contributed by atoms with Crippen molar-refractivity contribution in [1.82, 2.24) is 9.78 Å². The van der Waals surface area contributed by atoms with E-state index in [0.29, 0.717) is 25.4 Å². The van der Waals surface area contributed by atoms with Gasteiger partial charge in [0.25, 0.3) is 5.56 Å². The second-order valence-electron chi connectivity index (χ2n) is 4.41. The average molecular weight is 310 g/mol. The minimum absolute atomic E-state index is 0.0971. The van der Waals surface area contributed by atoms with Crippen molar-refractivity contribution in [3.63, 3.8) is 0 Å². The van der Waals surface area contributed by atoms with Gasteiger partial charge in [-0.25, -0.2) is 4.68 Å². The lowest BCUT2D eigenvalue weighted by Gasteiger charge is -2.10. The first-order chi connectivity index (χ1) is 10.1. The largest absolute Gasteiger partial charge is 0.508 e. The lowest BCUT2D eigenvalue weighted by atomic mass is 10.2. The maximum absolute atomic E-state index is 12.0. The molecule has 112 valence electrons. The zero-order valence-electron chi connectivity index (χ0n) is 11.5. The fourth-order valence-corrected chi connectivity index (χ4v) is 1.95. The molecule has 21 heavy (non-hydrogen) atoms. The number of nitrogens with one attached hydrogen (secondary N) is 1. The van der Waals surface area contributed by atoms with E-state index in [1.165, 1.54) is 10.9 Å². The van der Waals surface area contributed by atoms with Crippen molar-refractivity contribution in [3.05, 3.63) is 51.4 Å². The van der Waals surface area contributed by atoms with Crippen molar-refractivity contribution in [1.29, 1.82) is 0 Å². The first-order valence-electron chi connectivity index (χ1n) is 6.38. The number of benzene rings is 1. The number of phenols is 1. The number of methoxy groups -OCH3 is 1. The molecule has 2 rings (SSSR count). The summed E-state index contributed by atoms with van der Waals surface area (Å²) in [7, 11) is 1.56. The predicted octanol–water partition coefficient (Wildman–Crippen LogP) is 1.86. The molecule has 1 aromatic carbocycles. The number of aromatic hydroxyl groups is 1. The Morgan fingerprint density at radius 1 is 1.38 bits per heavy atom. The van der Waals surface area contributed by atoms with Crippen LogP contribution < -0.4 is 10.9 Å². The van der Waals surface area contributed by atoms with Gasteiger partial charge in [-0.05, 0) is 17.7 Å². The van der Waals surface area contributed by atoms with Gasteiger partial charge in [-0.2, -0.15) is 5.10 Å². The van der Waals surface area contributed by atoms with Gasteiger partial charge in [-0.3, -0.25) is 4.79 Å². The Morgan fingerprint density at radius 3 is 2.76 bits per heavy atom. The number of nitrogens with zero attached hydrogens (tertiary/aromatic N) is 2. The molecule has 0 atom stereocenters. The second kappa shape index (κ2) is 7.10. The molecule has 0 aliphatic heterocycles. The van der Waals surface area contributed by atoms with Gasteiger partial charge < -0.3 is 15.2 Å². The van der Waals surface area contributed by atoms with Crippen LogP contribution in [0.1, 0.15) is 5.56 Å². The van der Waals surface area contributed by atoms with E-state index in [1.54, 1.807) is 31.4 Å². The van der Waals surface area contributed by atoms with Crippen LogP contribution in [-0.4, -0.2) is 28.6 Å². The van der Waals surface area contributed by atoms with Crippen molar-refractivity contribution in [2.75, 3.05) is 19.0 Å². The Kier molecular flexibility index (Phi) is 5.19. The highest BCUT2D eigenvalue weighted by Gasteiger charge is 2.08. The predicted molar refractivity (Wildman–Crippen MR) is 80.8 cm³/mol. The van der Waals surface area contributed by atoms with Gasteiger partial charge in [0, 0.05) is 13.7 Å². The molecule has 1 aromatic heterocycles. The van der Waals surface area contributed by atoms with Crippen LogP contribution in [0.3, 0.4) is 0 Å². The number of ether oxygens (including phenoxy) is 1. The molecule has 7 heteroatoms. The zero-order chi connectivity index (χ0) is 15.2. The highest BCUT2D eigenvalue weighted by molar-refractivity contribution is 6.32. The van der Waals surface area contributed by atoms with Crippen LogP contribution in [0.5, 0.6) is 5.75 Å². The molecule has 0 bridgehead atoms. The summed E-state index contributed by atoms with van der Waals surface area (Å²) in [6.07, 6.45) is 1.51. The van der Waals surface area contributed by atoms with Crippen LogP contribution in [0.4, 0.5) is 5.69 Å². The molecule has 0 saturated carbocycles. The van der Waals surface area contributed by atoms with E-state index in [-0.39, 0.29) is 16.3 Å². The van der Waals surface area contributed by atoms with Crippen molar-refractivity contribution < 1.29 is 9.84 Å². The van der Waals surface area contributed by atoms with E-state index in [2.05, 4.69) is 10.4 Å². The van der Waals surface area contributed by atoms with E-state index in [0.717, 1.165) is 5.56 Å². The quantitative estimate of drug-likeness (QED) is 0.852. The first-order valence-corrected chi connectivity index (χ1v) is 6.76. The van der Waals surface area contributed by atoms with Crippen LogP contribution >= 0.6 is 11.6 Å². The summed E-state index contributed by atoms with van der Waals surface area (Å²) in [6, 6.07) is 6.76. The Bertz CT molecular complexity index is 656. The third-order valence-electron chi connectivity index (χ3n) is 2.91. The Morgan fingerprint density at radius 2 is 2.10 bits per heavy atom. The average Bonchev–Trinajstić information content (AvgIpc) is 2.49. The van der Waals surface area contributed by atoms with Gasteiger partial charge in [-0.1, -0.05) is 23.7 Å². The number of halogens is 1. The van der Waals surface area contributed by atoms with E-state index >= 15 is 0 Å². The third-order valence-corrected chi connectivity index (χ3v) is 3.28. The summed E-state index contributed by atoms with van der Waals surface area (Å²) in [5.41, 5.74) is 1.07. The minimum atomic E-state index is -0.357. The third kappa shape index (κ3) is 3.96. The minimum Gasteiger partial charge on any atom is -0.508 e. The molecule has 0 saturated heterocycles. The molecule has 0 aliphatic carbocycles.